The molecule has 0 aliphatic carbocycles. The summed E-state index contributed by atoms with van der Waals surface area (Å²) in [5.41, 5.74) is 6.76. The van der Waals surface area contributed by atoms with Gasteiger partial charge in [-0.25, -0.2) is 0 Å². The number of hydrogen-bond donors (Lipinski definition) is 1. The smallest absolute Gasteiger partial charge is 0.231 e. The van der Waals surface area contributed by atoms with Gasteiger partial charge >= 0.3 is 0 Å². The molecule has 4 nitrogen and oxygen atoms in total. The van der Waals surface area contributed by atoms with Crippen molar-refractivity contribution in [2.75, 3.05) is 0 Å². The summed E-state index contributed by atoms with van der Waals surface area (Å²) in [5, 5.41) is 7.90. The quantitative estimate of drug-likeness (QED) is 0.920. The summed E-state index contributed by atoms with van der Waals surface area (Å²) in [4.78, 5) is 4.32. The monoisotopic (exact) mass is 259 g/mol. The normalized spacial score (nSPS) is 14.2. The van der Waals surface area contributed by atoms with Crippen LogP contribution in [0.4, 0.5) is 0 Å². The maximum atomic E-state index is 5.77. The molecule has 0 radical (unpaired) electrons. The lowest BCUT2D eigenvalue weighted by atomic mass is 10.1. The van der Waals surface area contributed by atoms with Crippen molar-refractivity contribution in [3.63, 3.8) is 0 Å². The first-order valence-electron chi connectivity index (χ1n) is 4.80. The van der Waals surface area contributed by atoms with E-state index in [4.69, 9.17) is 10.3 Å². The summed E-state index contributed by atoms with van der Waals surface area (Å²) in [6.45, 7) is 3.91. The molecular formula is C10H14ClN3OS. The van der Waals surface area contributed by atoms with E-state index in [1.54, 1.807) is 11.3 Å². The van der Waals surface area contributed by atoms with E-state index in [9.17, 15) is 0 Å². The molecule has 16 heavy (non-hydrogen) atoms. The van der Waals surface area contributed by atoms with E-state index < -0.39 is 0 Å². The molecule has 2 aromatic heterocycles. The molecule has 2 N–H and O–H groups in total. The van der Waals surface area contributed by atoms with Gasteiger partial charge in [-0.1, -0.05) is 12.1 Å². The summed E-state index contributed by atoms with van der Waals surface area (Å²) in [6, 6.07) is 1.98. The van der Waals surface area contributed by atoms with Crippen LogP contribution in [0.3, 0.4) is 0 Å². The predicted octanol–water partition coefficient (Wildman–Crippen LogP) is 2.67. The first-order chi connectivity index (χ1) is 7.18. The molecule has 2 rings (SSSR count). The molecule has 2 aromatic rings. The van der Waals surface area contributed by atoms with Crippen LogP contribution in [0, 0.1) is 0 Å². The molecule has 0 aromatic carbocycles. The lowest BCUT2D eigenvalue weighted by Gasteiger charge is -2.09. The number of thiophene rings is 1. The van der Waals surface area contributed by atoms with Gasteiger partial charge in [0.2, 0.25) is 11.7 Å². The molecule has 2 atom stereocenters. The highest BCUT2D eigenvalue weighted by molar-refractivity contribution is 7.08. The van der Waals surface area contributed by atoms with Gasteiger partial charge in [-0.3, -0.25) is 0 Å². The van der Waals surface area contributed by atoms with E-state index in [1.165, 1.54) is 0 Å². The molecule has 0 amide bonds. The van der Waals surface area contributed by atoms with E-state index >= 15 is 0 Å². The standard InChI is InChI=1S/C10H13N3OS.ClH/c1-6(7(2)11)10-12-9(13-14-10)8-3-4-15-5-8;/h3-7H,11H2,1-2H3;1H. The van der Waals surface area contributed by atoms with Gasteiger partial charge in [0.05, 0.1) is 5.92 Å². The van der Waals surface area contributed by atoms with Gasteiger partial charge in [0.25, 0.3) is 0 Å². The Morgan fingerprint density at radius 1 is 1.44 bits per heavy atom. The molecule has 88 valence electrons. The zero-order chi connectivity index (χ0) is 10.8. The lowest BCUT2D eigenvalue weighted by molar-refractivity contribution is 0.347. The number of aromatic nitrogens is 2. The van der Waals surface area contributed by atoms with Crippen LogP contribution in [-0.4, -0.2) is 16.2 Å². The Bertz CT molecular complexity index is 427. The minimum absolute atomic E-state index is 0. The second-order valence-electron chi connectivity index (χ2n) is 3.62. The zero-order valence-corrected chi connectivity index (χ0v) is 10.7. The highest BCUT2D eigenvalue weighted by Crippen LogP contribution is 2.22. The van der Waals surface area contributed by atoms with Crippen molar-refractivity contribution in [3.8, 4) is 11.4 Å². The van der Waals surface area contributed by atoms with Crippen molar-refractivity contribution in [2.24, 2.45) is 5.73 Å². The van der Waals surface area contributed by atoms with Gasteiger partial charge in [-0.2, -0.15) is 16.3 Å². The average molecular weight is 260 g/mol. The van der Waals surface area contributed by atoms with Crippen LogP contribution < -0.4 is 5.73 Å². The van der Waals surface area contributed by atoms with Crippen LogP contribution in [0.15, 0.2) is 21.3 Å². The van der Waals surface area contributed by atoms with Crippen LogP contribution in [0.1, 0.15) is 25.7 Å². The number of halogens is 1. The molecule has 0 bridgehead atoms. The molecule has 0 aliphatic heterocycles. The maximum absolute atomic E-state index is 5.77. The largest absolute Gasteiger partial charge is 0.339 e. The molecule has 0 spiro atoms. The molecular weight excluding hydrogens is 246 g/mol. The topological polar surface area (TPSA) is 64.9 Å². The minimum atomic E-state index is 0. The molecule has 6 heteroatoms. The Labute approximate surface area is 104 Å². The molecule has 0 saturated heterocycles. The Hall–Kier alpha value is -0.910. The molecule has 0 fully saturated rings. The SMILES string of the molecule is CC(N)C(C)c1nc(-c2ccsc2)no1.Cl. The lowest BCUT2D eigenvalue weighted by Crippen LogP contribution is -2.22. The van der Waals surface area contributed by atoms with Crippen molar-refractivity contribution in [3.05, 3.63) is 22.7 Å². The minimum Gasteiger partial charge on any atom is -0.339 e. The Kier molecular flexibility index (Phi) is 4.46. The highest BCUT2D eigenvalue weighted by atomic mass is 35.5. The van der Waals surface area contributed by atoms with Crippen molar-refractivity contribution in [1.29, 1.82) is 0 Å². The fourth-order valence-corrected chi connectivity index (χ4v) is 1.79. The van der Waals surface area contributed by atoms with Crippen LogP contribution in [-0.2, 0) is 0 Å². The third-order valence-electron chi connectivity index (χ3n) is 2.40. The average Bonchev–Trinajstić information content (AvgIpc) is 2.86. The van der Waals surface area contributed by atoms with E-state index in [0.717, 1.165) is 5.56 Å². The summed E-state index contributed by atoms with van der Waals surface area (Å²) in [6.07, 6.45) is 0. The predicted molar refractivity (Wildman–Crippen MR) is 66.9 cm³/mol. The van der Waals surface area contributed by atoms with Crippen LogP contribution in [0.2, 0.25) is 0 Å². The molecule has 0 saturated carbocycles. The van der Waals surface area contributed by atoms with Crippen LogP contribution in [0.5, 0.6) is 0 Å². The zero-order valence-electron chi connectivity index (χ0n) is 9.08. The second kappa shape index (κ2) is 5.43. The Morgan fingerprint density at radius 2 is 2.19 bits per heavy atom. The third kappa shape index (κ3) is 2.61. The maximum Gasteiger partial charge on any atom is 0.231 e. The summed E-state index contributed by atoms with van der Waals surface area (Å²) in [5.74, 6) is 1.33. The summed E-state index contributed by atoms with van der Waals surface area (Å²) in [7, 11) is 0. The second-order valence-corrected chi connectivity index (χ2v) is 4.40. The van der Waals surface area contributed by atoms with Gasteiger partial charge in [0, 0.05) is 17.0 Å². The van der Waals surface area contributed by atoms with Crippen molar-refractivity contribution >= 4 is 23.7 Å². The van der Waals surface area contributed by atoms with Crippen LogP contribution >= 0.6 is 23.7 Å². The van der Waals surface area contributed by atoms with Gasteiger partial charge in [-0.05, 0) is 18.4 Å². The molecule has 0 aliphatic rings. The first kappa shape index (κ1) is 13.2. The third-order valence-corrected chi connectivity index (χ3v) is 3.08. The van der Waals surface area contributed by atoms with E-state index in [0.29, 0.717) is 11.7 Å². The number of nitrogens with two attached hydrogens (primary N) is 1. The van der Waals surface area contributed by atoms with Gasteiger partial charge in [-0.15, -0.1) is 12.4 Å². The van der Waals surface area contributed by atoms with E-state index in [-0.39, 0.29) is 24.4 Å². The van der Waals surface area contributed by atoms with Gasteiger partial charge < -0.3 is 10.3 Å². The Balaban J connectivity index is 0.00000128. The number of hydrogen-bond acceptors (Lipinski definition) is 5. The molecule has 2 unspecified atom stereocenters. The Morgan fingerprint density at radius 3 is 2.75 bits per heavy atom. The fourth-order valence-electron chi connectivity index (χ4n) is 1.15. The van der Waals surface area contributed by atoms with Crippen molar-refractivity contribution < 1.29 is 4.52 Å². The molecule has 2 heterocycles. The van der Waals surface area contributed by atoms with E-state index in [1.807, 2.05) is 30.7 Å². The van der Waals surface area contributed by atoms with Gasteiger partial charge in [0.1, 0.15) is 0 Å². The summed E-state index contributed by atoms with van der Waals surface area (Å²) < 4.78 is 5.18. The summed E-state index contributed by atoms with van der Waals surface area (Å²) >= 11 is 1.61. The van der Waals surface area contributed by atoms with Crippen LogP contribution in [0.25, 0.3) is 11.4 Å². The fraction of sp³-hybridized carbons (Fsp3) is 0.400. The van der Waals surface area contributed by atoms with Crippen molar-refractivity contribution in [2.45, 2.75) is 25.8 Å². The highest BCUT2D eigenvalue weighted by Gasteiger charge is 2.18. The van der Waals surface area contributed by atoms with Gasteiger partial charge in [0.15, 0.2) is 0 Å². The number of nitrogens with zero attached hydrogens (tertiary/aromatic N) is 2. The number of rotatable bonds is 3. The first-order valence-corrected chi connectivity index (χ1v) is 5.74. The van der Waals surface area contributed by atoms with Crippen molar-refractivity contribution in [1.82, 2.24) is 10.1 Å². The van der Waals surface area contributed by atoms with E-state index in [2.05, 4.69) is 10.1 Å².